The Morgan fingerprint density at radius 1 is 0.514 bits per heavy atom. The number of hydrogen-bond acceptors (Lipinski definition) is 2. The maximum atomic E-state index is 2.39. The third-order valence-corrected chi connectivity index (χ3v) is 7.60. The first-order valence-corrected chi connectivity index (χ1v) is 12.7. The second-order valence-corrected chi connectivity index (χ2v) is 9.59. The van der Waals surface area contributed by atoms with Crippen LogP contribution in [0, 0.1) is 0 Å². The molecule has 0 bridgehead atoms. The van der Waals surface area contributed by atoms with E-state index in [0.29, 0.717) is 0 Å². The molecule has 0 N–H and O–H groups in total. The van der Waals surface area contributed by atoms with Gasteiger partial charge < -0.3 is 9.47 Å². The summed E-state index contributed by atoms with van der Waals surface area (Å²) >= 11 is 1.82. The van der Waals surface area contributed by atoms with E-state index in [4.69, 9.17) is 0 Å². The summed E-state index contributed by atoms with van der Waals surface area (Å²) in [5, 5.41) is 6.14. The second kappa shape index (κ2) is 8.15. The summed E-state index contributed by atoms with van der Waals surface area (Å²) in [6, 6.07) is 45.4. The van der Waals surface area contributed by atoms with Crippen molar-refractivity contribution < 1.29 is 0 Å². The van der Waals surface area contributed by atoms with Crippen LogP contribution >= 0.6 is 11.3 Å². The van der Waals surface area contributed by atoms with Crippen LogP contribution in [0.15, 0.2) is 133 Å². The molecule has 2 aromatic heterocycles. The maximum Gasteiger partial charge on any atom is 0.0555 e. The molecule has 3 heteroatoms. The molecule has 2 nitrogen and oxygen atoms in total. The predicted molar refractivity (Wildman–Crippen MR) is 151 cm³/mol. The van der Waals surface area contributed by atoms with Gasteiger partial charge in [-0.25, -0.2) is 0 Å². The smallest absolute Gasteiger partial charge is 0.0555 e. The molecule has 5 aromatic carbocycles. The summed E-state index contributed by atoms with van der Waals surface area (Å²) < 4.78 is 3.75. The van der Waals surface area contributed by atoms with Crippen LogP contribution in [0.2, 0.25) is 0 Å². The topological polar surface area (TPSA) is 8.17 Å². The van der Waals surface area contributed by atoms with Crippen LogP contribution in [0.5, 0.6) is 0 Å². The lowest BCUT2D eigenvalue weighted by molar-refractivity contribution is 1.17. The zero-order valence-electron chi connectivity index (χ0n) is 19.0. The highest BCUT2D eigenvalue weighted by atomic mass is 32.1. The van der Waals surface area contributed by atoms with Crippen LogP contribution in [0.3, 0.4) is 0 Å². The largest absolute Gasteiger partial charge is 0.311 e. The van der Waals surface area contributed by atoms with Crippen LogP contribution in [-0.2, 0) is 0 Å². The standard InChI is InChI=1S/C32H22N2S/c1-3-9-24(10-4-1)33(25-11-5-2-6-12-25)26-16-18-27(19-17-26)34-29-14-8-7-13-28(29)31-30(34)20-15-23-21-22-35-32(23)31/h1-22H. The van der Waals surface area contributed by atoms with Crippen LogP contribution < -0.4 is 4.90 Å². The highest BCUT2D eigenvalue weighted by Crippen LogP contribution is 2.40. The predicted octanol–water partition coefficient (Wildman–Crippen LogP) is 9.47. The highest BCUT2D eigenvalue weighted by Gasteiger charge is 2.16. The summed E-state index contributed by atoms with van der Waals surface area (Å²) in [6.07, 6.45) is 0. The van der Waals surface area contributed by atoms with E-state index in [2.05, 4.69) is 142 Å². The van der Waals surface area contributed by atoms with Gasteiger partial charge in [0.15, 0.2) is 0 Å². The minimum absolute atomic E-state index is 1.13. The Hall–Kier alpha value is -4.34. The Labute approximate surface area is 207 Å². The van der Waals surface area contributed by atoms with Crippen molar-refractivity contribution in [3.05, 3.63) is 133 Å². The molecule has 0 saturated heterocycles. The highest BCUT2D eigenvalue weighted by molar-refractivity contribution is 7.18. The molecule has 7 rings (SSSR count). The quantitative estimate of drug-likeness (QED) is 0.251. The van der Waals surface area contributed by atoms with E-state index in [1.54, 1.807) is 0 Å². The van der Waals surface area contributed by atoms with E-state index in [1.807, 2.05) is 11.3 Å². The molecule has 0 atom stereocenters. The lowest BCUT2D eigenvalue weighted by atomic mass is 10.1. The van der Waals surface area contributed by atoms with Crippen LogP contribution in [0.25, 0.3) is 37.6 Å². The van der Waals surface area contributed by atoms with Crippen molar-refractivity contribution in [2.24, 2.45) is 0 Å². The van der Waals surface area contributed by atoms with E-state index in [9.17, 15) is 0 Å². The van der Waals surface area contributed by atoms with Crippen molar-refractivity contribution in [3.8, 4) is 5.69 Å². The van der Waals surface area contributed by atoms with Crippen molar-refractivity contribution >= 4 is 60.3 Å². The zero-order chi connectivity index (χ0) is 23.2. The molecule has 0 unspecified atom stereocenters. The molecule has 0 radical (unpaired) electrons. The Morgan fingerprint density at radius 2 is 1.14 bits per heavy atom. The van der Waals surface area contributed by atoms with Gasteiger partial charge in [-0.05, 0) is 77.5 Å². The number of aromatic nitrogens is 1. The van der Waals surface area contributed by atoms with Gasteiger partial charge in [0.25, 0.3) is 0 Å². The monoisotopic (exact) mass is 466 g/mol. The summed E-state index contributed by atoms with van der Waals surface area (Å²) in [6.45, 7) is 0. The van der Waals surface area contributed by atoms with Gasteiger partial charge in [0.05, 0.1) is 11.0 Å². The lowest BCUT2D eigenvalue weighted by Gasteiger charge is -2.25. The van der Waals surface area contributed by atoms with Crippen molar-refractivity contribution in [1.29, 1.82) is 0 Å². The third kappa shape index (κ3) is 3.24. The average molecular weight is 467 g/mol. The van der Waals surface area contributed by atoms with E-state index in [0.717, 1.165) is 22.7 Å². The second-order valence-electron chi connectivity index (χ2n) is 8.67. The Balaban J connectivity index is 1.41. The summed E-state index contributed by atoms with van der Waals surface area (Å²) in [5.41, 5.74) is 7.06. The molecule has 0 amide bonds. The number of para-hydroxylation sites is 3. The Morgan fingerprint density at radius 3 is 1.86 bits per heavy atom. The van der Waals surface area contributed by atoms with Crippen molar-refractivity contribution in [3.63, 3.8) is 0 Å². The molecule has 0 fully saturated rings. The number of thiophene rings is 1. The molecule has 0 aliphatic heterocycles. The average Bonchev–Trinajstić information content (AvgIpc) is 3.53. The maximum absolute atomic E-state index is 2.39. The van der Waals surface area contributed by atoms with E-state index in [-0.39, 0.29) is 0 Å². The van der Waals surface area contributed by atoms with Gasteiger partial charge in [-0.1, -0.05) is 60.7 Å². The zero-order valence-corrected chi connectivity index (χ0v) is 19.8. The van der Waals surface area contributed by atoms with Crippen LogP contribution in [0.4, 0.5) is 17.1 Å². The van der Waals surface area contributed by atoms with Crippen molar-refractivity contribution in [2.75, 3.05) is 4.90 Å². The van der Waals surface area contributed by atoms with E-state index < -0.39 is 0 Å². The molecule has 35 heavy (non-hydrogen) atoms. The minimum Gasteiger partial charge on any atom is -0.311 e. The third-order valence-electron chi connectivity index (χ3n) is 6.65. The normalized spacial score (nSPS) is 11.4. The number of fused-ring (bicyclic) bond motifs is 5. The van der Waals surface area contributed by atoms with Gasteiger partial charge in [-0.15, -0.1) is 11.3 Å². The van der Waals surface area contributed by atoms with Crippen molar-refractivity contribution in [1.82, 2.24) is 4.57 Å². The number of hydrogen-bond donors (Lipinski definition) is 0. The molecular formula is C32H22N2S. The molecular weight excluding hydrogens is 444 g/mol. The molecule has 2 heterocycles. The summed E-state index contributed by atoms with van der Waals surface area (Å²) in [7, 11) is 0. The molecule has 0 aliphatic rings. The van der Waals surface area contributed by atoms with Gasteiger partial charge >= 0.3 is 0 Å². The van der Waals surface area contributed by atoms with E-state index >= 15 is 0 Å². The van der Waals surface area contributed by atoms with Gasteiger partial charge in [0.2, 0.25) is 0 Å². The molecule has 0 aliphatic carbocycles. The first-order valence-electron chi connectivity index (χ1n) is 11.8. The van der Waals surface area contributed by atoms with Crippen LogP contribution in [0.1, 0.15) is 0 Å². The number of benzene rings is 5. The SMILES string of the molecule is c1ccc(N(c2ccccc2)c2ccc(-n3c4ccccc4c4c5sccc5ccc43)cc2)cc1. The van der Waals surface area contributed by atoms with Gasteiger partial charge in [-0.2, -0.15) is 0 Å². The van der Waals surface area contributed by atoms with Crippen molar-refractivity contribution in [2.45, 2.75) is 0 Å². The molecule has 166 valence electrons. The number of anilines is 3. The van der Waals surface area contributed by atoms with Gasteiger partial charge in [-0.3, -0.25) is 0 Å². The minimum atomic E-state index is 1.13. The molecule has 0 saturated carbocycles. The first kappa shape index (κ1) is 20.1. The summed E-state index contributed by atoms with van der Waals surface area (Å²) in [5.74, 6) is 0. The first-order chi connectivity index (χ1) is 17.4. The van der Waals surface area contributed by atoms with Gasteiger partial charge in [0, 0.05) is 38.2 Å². The fourth-order valence-corrected chi connectivity index (χ4v) is 6.06. The summed E-state index contributed by atoms with van der Waals surface area (Å²) in [4.78, 5) is 2.30. The van der Waals surface area contributed by atoms with Crippen LogP contribution in [-0.4, -0.2) is 4.57 Å². The number of nitrogens with zero attached hydrogens (tertiary/aromatic N) is 2. The van der Waals surface area contributed by atoms with Gasteiger partial charge in [0.1, 0.15) is 0 Å². The fraction of sp³-hybridized carbons (Fsp3) is 0. The van der Waals surface area contributed by atoms with E-state index in [1.165, 1.54) is 31.9 Å². The molecule has 7 aromatic rings. The fourth-order valence-electron chi connectivity index (χ4n) is 5.11. The molecule has 0 spiro atoms. The number of rotatable bonds is 4. The Bertz CT molecular complexity index is 1740. The Kier molecular flexibility index (Phi) is 4.68. The lowest BCUT2D eigenvalue weighted by Crippen LogP contribution is -2.09.